The molecule has 0 spiro atoms. The Morgan fingerprint density at radius 1 is 1.09 bits per heavy atom. The summed E-state index contributed by atoms with van der Waals surface area (Å²) in [6, 6.07) is 7.48. The normalized spacial score (nSPS) is 35.0. The highest BCUT2D eigenvalue weighted by Crippen LogP contribution is 2.60. The summed E-state index contributed by atoms with van der Waals surface area (Å²) < 4.78 is 1.97. The molecule has 4 fully saturated rings. The molecule has 2 aromatic rings. The molecule has 5 heteroatoms. The Morgan fingerprint density at radius 2 is 1.74 bits per heavy atom. The van der Waals surface area contributed by atoms with Gasteiger partial charge in [0.05, 0.1) is 11.3 Å². The van der Waals surface area contributed by atoms with Gasteiger partial charge in [0.15, 0.2) is 0 Å². The van der Waals surface area contributed by atoms with Gasteiger partial charge in [0.1, 0.15) is 5.52 Å². The fourth-order valence-corrected chi connectivity index (χ4v) is 7.14. The standard InChI is InChI=1S/C18H21N3OS/c22-17-15-3-1-2-4-16(15)19-20-21(17)11-23-18-8-12-5-13(9-18)7-14(6-12)10-18/h1-4,12-14H,5-11H2. The van der Waals surface area contributed by atoms with E-state index in [1.54, 1.807) is 4.68 Å². The second kappa shape index (κ2) is 5.07. The van der Waals surface area contributed by atoms with Crippen LogP contribution < -0.4 is 5.56 Å². The Labute approximate surface area is 139 Å². The number of nitrogens with zero attached hydrogens (tertiary/aromatic N) is 3. The van der Waals surface area contributed by atoms with E-state index >= 15 is 0 Å². The number of hydrogen-bond acceptors (Lipinski definition) is 4. The first-order valence-electron chi connectivity index (χ1n) is 8.67. The van der Waals surface area contributed by atoms with Crippen LogP contribution in [0.3, 0.4) is 0 Å². The third-order valence-corrected chi connectivity index (χ3v) is 7.59. The molecule has 4 aliphatic carbocycles. The fraction of sp³-hybridized carbons (Fsp3) is 0.611. The predicted octanol–water partition coefficient (Wildman–Crippen LogP) is 3.45. The Kier molecular flexibility index (Phi) is 3.09. The highest BCUT2D eigenvalue weighted by Gasteiger charge is 2.51. The molecule has 4 bridgehead atoms. The molecular weight excluding hydrogens is 306 g/mol. The van der Waals surface area contributed by atoms with Crippen LogP contribution in [0.1, 0.15) is 38.5 Å². The highest BCUT2D eigenvalue weighted by molar-refractivity contribution is 7.99. The van der Waals surface area contributed by atoms with Crippen LogP contribution in [0.4, 0.5) is 0 Å². The van der Waals surface area contributed by atoms with E-state index in [2.05, 4.69) is 10.3 Å². The van der Waals surface area contributed by atoms with Crippen molar-refractivity contribution in [1.29, 1.82) is 0 Å². The molecule has 4 nitrogen and oxygen atoms in total. The van der Waals surface area contributed by atoms with Gasteiger partial charge in [-0.3, -0.25) is 4.79 Å². The molecule has 23 heavy (non-hydrogen) atoms. The Bertz CT molecular complexity index is 780. The van der Waals surface area contributed by atoms with Gasteiger partial charge in [-0.15, -0.1) is 16.9 Å². The van der Waals surface area contributed by atoms with Crippen LogP contribution in [-0.4, -0.2) is 19.7 Å². The molecular formula is C18H21N3OS. The molecule has 120 valence electrons. The van der Waals surface area contributed by atoms with Crippen molar-refractivity contribution in [2.24, 2.45) is 17.8 Å². The zero-order valence-electron chi connectivity index (χ0n) is 13.1. The smallest absolute Gasteiger partial charge is 0.267 e. The zero-order chi connectivity index (χ0) is 15.4. The molecule has 0 amide bonds. The summed E-state index contributed by atoms with van der Waals surface area (Å²) >= 11 is 1.97. The van der Waals surface area contributed by atoms with Crippen LogP contribution in [0.25, 0.3) is 10.9 Å². The lowest BCUT2D eigenvalue weighted by molar-refractivity contribution is 0.0381. The predicted molar refractivity (Wildman–Crippen MR) is 92.3 cm³/mol. The summed E-state index contributed by atoms with van der Waals surface area (Å²) in [5.41, 5.74) is 0.682. The first-order chi connectivity index (χ1) is 11.2. The summed E-state index contributed by atoms with van der Waals surface area (Å²) in [5, 5.41) is 9.04. The van der Waals surface area contributed by atoms with E-state index in [0.717, 1.165) is 17.8 Å². The molecule has 0 unspecified atom stereocenters. The summed E-state index contributed by atoms with van der Waals surface area (Å²) in [5.74, 6) is 3.46. The summed E-state index contributed by atoms with van der Waals surface area (Å²) in [6.45, 7) is 0. The molecule has 0 saturated heterocycles. The van der Waals surface area contributed by atoms with Crippen LogP contribution in [0, 0.1) is 17.8 Å². The molecule has 4 aliphatic rings. The zero-order valence-corrected chi connectivity index (χ0v) is 14.0. The Balaban J connectivity index is 1.41. The van der Waals surface area contributed by atoms with E-state index in [0.29, 0.717) is 21.5 Å². The van der Waals surface area contributed by atoms with E-state index in [1.807, 2.05) is 36.0 Å². The summed E-state index contributed by atoms with van der Waals surface area (Å²) in [6.07, 6.45) is 8.40. The van der Waals surface area contributed by atoms with Crippen LogP contribution in [0.5, 0.6) is 0 Å². The maximum absolute atomic E-state index is 12.6. The second-order valence-electron chi connectivity index (χ2n) is 7.79. The minimum absolute atomic E-state index is 0.00664. The van der Waals surface area contributed by atoms with E-state index in [1.165, 1.54) is 38.5 Å². The summed E-state index contributed by atoms with van der Waals surface area (Å²) in [4.78, 5) is 12.6. The molecule has 0 aliphatic heterocycles. The maximum Gasteiger partial charge on any atom is 0.278 e. The van der Waals surface area contributed by atoms with Crippen LogP contribution in [0.2, 0.25) is 0 Å². The lowest BCUT2D eigenvalue weighted by Crippen LogP contribution is -2.48. The number of fused-ring (bicyclic) bond motifs is 1. The van der Waals surface area contributed by atoms with Crippen LogP contribution in [0.15, 0.2) is 29.1 Å². The van der Waals surface area contributed by atoms with Crippen molar-refractivity contribution in [3.63, 3.8) is 0 Å². The molecule has 0 radical (unpaired) electrons. The topological polar surface area (TPSA) is 47.8 Å². The lowest BCUT2D eigenvalue weighted by atomic mass is 9.56. The number of benzene rings is 1. The Hall–Kier alpha value is -1.36. The van der Waals surface area contributed by atoms with Crippen LogP contribution in [-0.2, 0) is 5.88 Å². The monoisotopic (exact) mass is 327 g/mol. The molecule has 1 aromatic heterocycles. The average molecular weight is 327 g/mol. The SMILES string of the molecule is O=c1c2ccccc2nnn1CSC12CC3CC(CC(C3)C1)C2. The molecule has 6 rings (SSSR count). The number of hydrogen-bond donors (Lipinski definition) is 0. The maximum atomic E-state index is 12.6. The number of thioether (sulfide) groups is 1. The van der Waals surface area contributed by atoms with Crippen molar-refractivity contribution < 1.29 is 0 Å². The van der Waals surface area contributed by atoms with Crippen LogP contribution >= 0.6 is 11.8 Å². The van der Waals surface area contributed by atoms with Crippen molar-refractivity contribution in [1.82, 2.24) is 15.0 Å². The molecule has 0 N–H and O–H groups in total. The van der Waals surface area contributed by atoms with Crippen molar-refractivity contribution in [3.8, 4) is 0 Å². The van der Waals surface area contributed by atoms with Gasteiger partial charge < -0.3 is 0 Å². The third kappa shape index (κ3) is 2.32. The Morgan fingerprint density at radius 3 is 2.43 bits per heavy atom. The third-order valence-electron chi connectivity index (χ3n) is 6.10. The van der Waals surface area contributed by atoms with Crippen molar-refractivity contribution in [2.45, 2.75) is 49.1 Å². The van der Waals surface area contributed by atoms with Crippen molar-refractivity contribution in [2.75, 3.05) is 0 Å². The van der Waals surface area contributed by atoms with Gasteiger partial charge in [0, 0.05) is 4.75 Å². The molecule has 0 atom stereocenters. The van der Waals surface area contributed by atoms with Gasteiger partial charge >= 0.3 is 0 Å². The van der Waals surface area contributed by atoms with E-state index in [-0.39, 0.29) is 5.56 Å². The van der Waals surface area contributed by atoms with Gasteiger partial charge in [-0.05, 0) is 68.4 Å². The quantitative estimate of drug-likeness (QED) is 0.866. The van der Waals surface area contributed by atoms with Gasteiger partial charge in [0.2, 0.25) is 0 Å². The molecule has 4 saturated carbocycles. The van der Waals surface area contributed by atoms with Gasteiger partial charge in [-0.1, -0.05) is 17.3 Å². The fourth-order valence-electron chi connectivity index (χ4n) is 5.51. The lowest BCUT2D eigenvalue weighted by Gasteiger charge is -2.56. The van der Waals surface area contributed by atoms with Gasteiger partial charge in [-0.2, -0.15) is 0 Å². The first-order valence-corrected chi connectivity index (χ1v) is 9.66. The number of aromatic nitrogens is 3. The van der Waals surface area contributed by atoms with Crippen molar-refractivity contribution >= 4 is 22.7 Å². The van der Waals surface area contributed by atoms with E-state index in [4.69, 9.17) is 0 Å². The van der Waals surface area contributed by atoms with Gasteiger partial charge in [0.25, 0.3) is 5.56 Å². The van der Waals surface area contributed by atoms with Gasteiger partial charge in [-0.25, -0.2) is 4.68 Å². The van der Waals surface area contributed by atoms with E-state index in [9.17, 15) is 4.79 Å². The minimum atomic E-state index is -0.00664. The minimum Gasteiger partial charge on any atom is -0.267 e. The molecule has 1 heterocycles. The number of rotatable bonds is 3. The average Bonchev–Trinajstić information content (AvgIpc) is 2.53. The highest BCUT2D eigenvalue weighted by atomic mass is 32.2. The first kappa shape index (κ1) is 14.0. The summed E-state index contributed by atoms with van der Waals surface area (Å²) in [7, 11) is 0. The van der Waals surface area contributed by atoms with Crippen molar-refractivity contribution in [3.05, 3.63) is 34.6 Å². The largest absolute Gasteiger partial charge is 0.278 e. The van der Waals surface area contributed by atoms with E-state index < -0.39 is 0 Å². The molecule has 1 aromatic carbocycles. The second-order valence-corrected chi connectivity index (χ2v) is 9.20.